The van der Waals surface area contributed by atoms with Crippen LogP contribution in [0.1, 0.15) is 6.42 Å². The van der Waals surface area contributed by atoms with Crippen molar-refractivity contribution in [1.82, 2.24) is 10.3 Å². The van der Waals surface area contributed by atoms with Crippen LogP contribution in [-0.4, -0.2) is 40.7 Å². The molecule has 0 bridgehead atoms. The van der Waals surface area contributed by atoms with Crippen LogP contribution in [0.15, 0.2) is 42.6 Å². The van der Waals surface area contributed by atoms with E-state index in [2.05, 4.69) is 10.3 Å². The molecule has 3 amide bonds. The summed E-state index contributed by atoms with van der Waals surface area (Å²) in [5.41, 5.74) is 8.26. The van der Waals surface area contributed by atoms with Gasteiger partial charge in [-0.3, -0.25) is 15.0 Å². The van der Waals surface area contributed by atoms with Gasteiger partial charge >= 0.3 is 18.2 Å². The lowest BCUT2D eigenvalue weighted by Crippen LogP contribution is -2.49. The van der Waals surface area contributed by atoms with E-state index in [1.165, 1.54) is 0 Å². The second-order valence-corrected chi connectivity index (χ2v) is 5.58. The van der Waals surface area contributed by atoms with Gasteiger partial charge in [-0.25, -0.2) is 14.6 Å². The van der Waals surface area contributed by atoms with Crippen LogP contribution in [0.25, 0.3) is 11.1 Å². The molecule has 1 aliphatic heterocycles. The number of rotatable bonds is 2. The van der Waals surface area contributed by atoms with Gasteiger partial charge < -0.3 is 10.8 Å². The average Bonchev–Trinajstić information content (AvgIpc) is 2.62. The number of urea groups is 1. The third-order valence-electron chi connectivity index (χ3n) is 3.60. The second kappa shape index (κ2) is 8.37. The summed E-state index contributed by atoms with van der Waals surface area (Å²) in [5, 5.41) is 9.43. The van der Waals surface area contributed by atoms with Crippen molar-refractivity contribution in [2.75, 3.05) is 17.2 Å². The van der Waals surface area contributed by atoms with Crippen LogP contribution in [0.2, 0.25) is 0 Å². The first-order valence-electron chi connectivity index (χ1n) is 7.81. The number of aromatic nitrogens is 1. The molecule has 11 heteroatoms. The Kier molecular flexibility index (Phi) is 6.18. The zero-order valence-corrected chi connectivity index (χ0v) is 14.2. The molecule has 1 aromatic carbocycles. The van der Waals surface area contributed by atoms with Crippen LogP contribution >= 0.6 is 0 Å². The lowest BCUT2D eigenvalue weighted by Gasteiger charge is -2.26. The molecular formula is C17H15F3N4O4. The fraction of sp³-hybridized carbons (Fsp3) is 0.176. The largest absolute Gasteiger partial charge is 0.490 e. The Morgan fingerprint density at radius 3 is 2.14 bits per heavy atom. The number of nitrogens with one attached hydrogen (secondary N) is 1. The lowest BCUT2D eigenvalue weighted by molar-refractivity contribution is -0.192. The highest BCUT2D eigenvalue weighted by Gasteiger charge is 2.38. The number of imide groups is 1. The first-order valence-corrected chi connectivity index (χ1v) is 7.81. The molecule has 3 rings (SSSR count). The third kappa shape index (κ3) is 5.43. The van der Waals surface area contributed by atoms with E-state index in [9.17, 15) is 22.8 Å². The van der Waals surface area contributed by atoms with Crippen LogP contribution in [0, 0.1) is 0 Å². The molecule has 8 nitrogen and oxygen atoms in total. The Bertz CT molecular complexity index is 867. The standard InChI is InChI=1S/C15H14N4O2.C2HF3O2/c16-13-6-3-11(9-17-13)10-1-4-12(5-2-10)19-8-7-14(20)18-15(19)21;3-2(4,5)1(6)7/h1-6,9H,7-8H2,(H2,16,17)(H,18,20,21);(H,6,7). The normalized spacial score (nSPS) is 14.0. The van der Waals surface area contributed by atoms with E-state index >= 15 is 0 Å². The number of nitrogens with zero attached hydrogens (tertiary/aromatic N) is 2. The summed E-state index contributed by atoms with van der Waals surface area (Å²) in [6.07, 6.45) is -3.06. The highest BCUT2D eigenvalue weighted by Crippen LogP contribution is 2.24. The number of benzene rings is 1. The van der Waals surface area contributed by atoms with Crippen molar-refractivity contribution in [3.63, 3.8) is 0 Å². The number of aliphatic carboxylic acids is 1. The molecule has 28 heavy (non-hydrogen) atoms. The number of alkyl halides is 3. The number of nitrogen functional groups attached to an aromatic ring is 1. The van der Waals surface area contributed by atoms with Gasteiger partial charge in [0.05, 0.1) is 0 Å². The maximum Gasteiger partial charge on any atom is 0.490 e. The second-order valence-electron chi connectivity index (χ2n) is 5.58. The molecule has 4 N–H and O–H groups in total. The SMILES string of the molecule is Nc1ccc(-c2ccc(N3CCC(=O)NC3=O)cc2)cn1.O=C(O)C(F)(F)F. The van der Waals surface area contributed by atoms with Gasteiger partial charge in [-0.1, -0.05) is 12.1 Å². The number of carboxylic acids is 1. The molecule has 0 aliphatic carbocycles. The highest BCUT2D eigenvalue weighted by molar-refractivity contribution is 6.05. The Labute approximate surface area is 156 Å². The molecule has 148 valence electrons. The molecule has 0 atom stereocenters. The third-order valence-corrected chi connectivity index (χ3v) is 3.60. The number of nitrogens with two attached hydrogens (primary N) is 1. The predicted octanol–water partition coefficient (Wildman–Crippen LogP) is 2.41. The number of carbonyl (C=O) groups excluding carboxylic acids is 2. The van der Waals surface area contributed by atoms with Gasteiger partial charge in [0.15, 0.2) is 0 Å². The molecule has 0 saturated carbocycles. The molecule has 1 fully saturated rings. The molecule has 2 aromatic rings. The van der Waals surface area contributed by atoms with Gasteiger partial charge in [0.1, 0.15) is 5.82 Å². The summed E-state index contributed by atoms with van der Waals surface area (Å²) in [5.74, 6) is -2.52. The fourth-order valence-electron chi connectivity index (χ4n) is 2.22. The summed E-state index contributed by atoms with van der Waals surface area (Å²) in [6, 6.07) is 10.8. The smallest absolute Gasteiger partial charge is 0.475 e. The number of carboxylic acid groups (broad SMARTS) is 1. The van der Waals surface area contributed by atoms with Crippen molar-refractivity contribution < 1.29 is 32.7 Å². The highest BCUT2D eigenvalue weighted by atomic mass is 19.4. The average molecular weight is 396 g/mol. The minimum absolute atomic E-state index is 0.235. The number of anilines is 2. The number of amides is 3. The molecule has 0 unspecified atom stereocenters. The minimum Gasteiger partial charge on any atom is -0.475 e. The van der Waals surface area contributed by atoms with Crippen molar-refractivity contribution in [2.24, 2.45) is 0 Å². The zero-order chi connectivity index (χ0) is 20.9. The van der Waals surface area contributed by atoms with Crippen molar-refractivity contribution >= 4 is 29.4 Å². The summed E-state index contributed by atoms with van der Waals surface area (Å²) in [6.45, 7) is 0.396. The fourth-order valence-corrected chi connectivity index (χ4v) is 2.22. The molecule has 0 spiro atoms. The molecule has 0 radical (unpaired) electrons. The number of hydrogen-bond acceptors (Lipinski definition) is 5. The van der Waals surface area contributed by atoms with Crippen LogP contribution in [0.5, 0.6) is 0 Å². The first kappa shape index (κ1) is 20.7. The Hall–Kier alpha value is -3.63. The summed E-state index contributed by atoms with van der Waals surface area (Å²) >= 11 is 0. The van der Waals surface area contributed by atoms with E-state index < -0.39 is 12.1 Å². The van der Waals surface area contributed by atoms with Crippen LogP contribution in [-0.2, 0) is 9.59 Å². The van der Waals surface area contributed by atoms with E-state index in [0.29, 0.717) is 18.8 Å². The van der Waals surface area contributed by atoms with Crippen molar-refractivity contribution in [3.05, 3.63) is 42.6 Å². The zero-order valence-electron chi connectivity index (χ0n) is 14.2. The van der Waals surface area contributed by atoms with E-state index in [0.717, 1.165) is 16.8 Å². The van der Waals surface area contributed by atoms with Gasteiger partial charge in [-0.2, -0.15) is 13.2 Å². The van der Waals surface area contributed by atoms with Gasteiger partial charge in [0.25, 0.3) is 0 Å². The van der Waals surface area contributed by atoms with Crippen LogP contribution in [0.4, 0.5) is 29.5 Å². The van der Waals surface area contributed by atoms with E-state index in [-0.39, 0.29) is 11.9 Å². The quantitative estimate of drug-likeness (QED) is 0.716. The lowest BCUT2D eigenvalue weighted by atomic mass is 10.1. The predicted molar refractivity (Wildman–Crippen MR) is 93.3 cm³/mol. The van der Waals surface area contributed by atoms with Crippen LogP contribution in [0.3, 0.4) is 0 Å². The molecule has 1 aliphatic rings. The summed E-state index contributed by atoms with van der Waals surface area (Å²) in [4.78, 5) is 37.4. The molecular weight excluding hydrogens is 381 g/mol. The molecule has 2 heterocycles. The van der Waals surface area contributed by atoms with E-state index in [1.807, 2.05) is 30.3 Å². The van der Waals surface area contributed by atoms with Gasteiger partial charge in [-0.05, 0) is 29.8 Å². The molecule has 1 aromatic heterocycles. The maximum atomic E-state index is 11.8. The van der Waals surface area contributed by atoms with Gasteiger partial charge in [0, 0.05) is 30.4 Å². The van der Waals surface area contributed by atoms with E-state index in [4.69, 9.17) is 15.6 Å². The molecule has 1 saturated heterocycles. The maximum absolute atomic E-state index is 11.8. The van der Waals surface area contributed by atoms with Gasteiger partial charge in [-0.15, -0.1) is 0 Å². The minimum atomic E-state index is -5.08. The van der Waals surface area contributed by atoms with E-state index in [1.54, 1.807) is 17.2 Å². The number of carbonyl (C=O) groups is 3. The topological polar surface area (TPSA) is 126 Å². The summed E-state index contributed by atoms with van der Waals surface area (Å²) in [7, 11) is 0. The Balaban J connectivity index is 0.000000345. The van der Waals surface area contributed by atoms with Crippen molar-refractivity contribution in [1.29, 1.82) is 0 Å². The monoisotopic (exact) mass is 396 g/mol. The Morgan fingerprint density at radius 2 is 1.68 bits per heavy atom. The van der Waals surface area contributed by atoms with Crippen molar-refractivity contribution in [3.8, 4) is 11.1 Å². The number of pyridine rings is 1. The Morgan fingerprint density at radius 1 is 1.11 bits per heavy atom. The number of halogens is 3. The van der Waals surface area contributed by atoms with Crippen LogP contribution < -0.4 is 16.0 Å². The first-order chi connectivity index (χ1) is 13.1. The number of hydrogen-bond donors (Lipinski definition) is 3. The van der Waals surface area contributed by atoms with Gasteiger partial charge in [0.2, 0.25) is 5.91 Å². The summed E-state index contributed by atoms with van der Waals surface area (Å²) < 4.78 is 31.7. The van der Waals surface area contributed by atoms with Crippen molar-refractivity contribution in [2.45, 2.75) is 12.6 Å².